The van der Waals surface area contributed by atoms with Crippen molar-refractivity contribution in [3.8, 4) is 5.69 Å². The fourth-order valence-electron chi connectivity index (χ4n) is 3.43. The van der Waals surface area contributed by atoms with E-state index < -0.39 is 0 Å². The maximum absolute atomic E-state index is 4.48. The lowest BCUT2D eigenvalue weighted by Crippen LogP contribution is -2.11. The van der Waals surface area contributed by atoms with Gasteiger partial charge in [-0.15, -0.1) is 10.2 Å². The van der Waals surface area contributed by atoms with Gasteiger partial charge in [-0.25, -0.2) is 14.6 Å². The molecule has 0 radical (unpaired) electrons. The lowest BCUT2D eigenvalue weighted by Gasteiger charge is -2.07. The number of fused-ring (bicyclic) bond motifs is 2. The molecule has 8 nitrogen and oxygen atoms in total. The number of nitrogens with one attached hydrogen (secondary N) is 1. The smallest absolute Gasteiger partial charge is 0.168 e. The number of aromatic nitrogens is 7. The molecule has 26 heavy (non-hydrogen) atoms. The summed E-state index contributed by atoms with van der Waals surface area (Å²) in [7, 11) is 0. The molecule has 3 aromatic heterocycles. The first kappa shape index (κ1) is 15.0. The van der Waals surface area contributed by atoms with E-state index in [9.17, 15) is 0 Å². The van der Waals surface area contributed by atoms with E-state index in [-0.39, 0.29) is 0 Å². The first-order valence-corrected chi connectivity index (χ1v) is 8.79. The highest BCUT2D eigenvalue weighted by atomic mass is 15.3. The van der Waals surface area contributed by atoms with Crippen molar-refractivity contribution in [2.45, 2.75) is 25.8 Å². The molecule has 0 bridgehead atoms. The number of para-hydroxylation sites is 1. The van der Waals surface area contributed by atoms with E-state index in [4.69, 9.17) is 0 Å². The third-order valence-corrected chi connectivity index (χ3v) is 4.69. The molecule has 0 atom stereocenters. The van der Waals surface area contributed by atoms with Crippen LogP contribution in [-0.4, -0.2) is 41.1 Å². The molecule has 1 aromatic carbocycles. The highest BCUT2D eigenvalue weighted by Crippen LogP contribution is 2.21. The largest absolute Gasteiger partial charge is 0.369 e. The molecule has 1 aliphatic rings. The molecule has 130 valence electrons. The number of rotatable bonds is 5. The van der Waals surface area contributed by atoms with Crippen LogP contribution in [0.5, 0.6) is 0 Å². The Kier molecular flexibility index (Phi) is 3.59. The number of anilines is 1. The van der Waals surface area contributed by atoms with Gasteiger partial charge in [0, 0.05) is 25.9 Å². The Balaban J connectivity index is 1.37. The first-order chi connectivity index (χ1) is 12.9. The summed E-state index contributed by atoms with van der Waals surface area (Å²) in [6.07, 6.45) is 6.38. The summed E-state index contributed by atoms with van der Waals surface area (Å²) in [5, 5.41) is 17.3. The molecule has 0 aliphatic carbocycles. The molecule has 5 rings (SSSR count). The molecular formula is C18H18N8. The van der Waals surface area contributed by atoms with Crippen LogP contribution in [0.15, 0.2) is 42.9 Å². The van der Waals surface area contributed by atoms with Gasteiger partial charge in [0.1, 0.15) is 23.8 Å². The molecule has 1 aliphatic heterocycles. The minimum atomic E-state index is 0.737. The summed E-state index contributed by atoms with van der Waals surface area (Å²) < 4.78 is 4.05. The number of benzene rings is 1. The maximum atomic E-state index is 4.48. The van der Waals surface area contributed by atoms with E-state index in [1.54, 1.807) is 12.5 Å². The first-order valence-electron chi connectivity index (χ1n) is 8.79. The van der Waals surface area contributed by atoms with E-state index in [0.29, 0.717) is 0 Å². The van der Waals surface area contributed by atoms with Crippen molar-refractivity contribution in [1.82, 2.24) is 34.5 Å². The predicted molar refractivity (Wildman–Crippen MR) is 97.2 cm³/mol. The molecule has 8 heteroatoms. The van der Waals surface area contributed by atoms with Gasteiger partial charge < -0.3 is 9.88 Å². The zero-order valence-electron chi connectivity index (χ0n) is 14.2. The van der Waals surface area contributed by atoms with Gasteiger partial charge in [-0.2, -0.15) is 5.10 Å². The van der Waals surface area contributed by atoms with Crippen molar-refractivity contribution in [2.24, 2.45) is 0 Å². The maximum Gasteiger partial charge on any atom is 0.168 e. The van der Waals surface area contributed by atoms with Crippen molar-refractivity contribution >= 4 is 16.9 Å². The van der Waals surface area contributed by atoms with Gasteiger partial charge in [-0.3, -0.25) is 0 Å². The monoisotopic (exact) mass is 346 g/mol. The van der Waals surface area contributed by atoms with Crippen LogP contribution in [0.3, 0.4) is 0 Å². The minimum Gasteiger partial charge on any atom is -0.369 e. The number of hydrogen-bond acceptors (Lipinski definition) is 6. The SMILES string of the molecule is c1ccc(-n2ncc3c(NCCc4nnc5n4CCC5)ncnc32)cc1. The van der Waals surface area contributed by atoms with Crippen molar-refractivity contribution in [1.29, 1.82) is 0 Å². The van der Waals surface area contributed by atoms with Crippen molar-refractivity contribution in [2.75, 3.05) is 11.9 Å². The fraction of sp³-hybridized carbons (Fsp3) is 0.278. The second kappa shape index (κ2) is 6.21. The van der Waals surface area contributed by atoms with Gasteiger partial charge in [0.15, 0.2) is 5.65 Å². The van der Waals surface area contributed by atoms with E-state index in [1.807, 2.05) is 35.0 Å². The number of hydrogen-bond donors (Lipinski definition) is 1. The zero-order valence-corrected chi connectivity index (χ0v) is 14.2. The molecular weight excluding hydrogens is 328 g/mol. The molecule has 0 fully saturated rings. The van der Waals surface area contributed by atoms with Gasteiger partial charge in [-0.1, -0.05) is 18.2 Å². The summed E-state index contributed by atoms with van der Waals surface area (Å²) >= 11 is 0. The van der Waals surface area contributed by atoms with Gasteiger partial charge >= 0.3 is 0 Å². The molecule has 1 N–H and O–H groups in total. The third-order valence-electron chi connectivity index (χ3n) is 4.69. The topological polar surface area (TPSA) is 86.3 Å². The molecule has 0 saturated carbocycles. The summed E-state index contributed by atoms with van der Waals surface area (Å²) in [6.45, 7) is 1.76. The fourth-order valence-corrected chi connectivity index (χ4v) is 3.43. The van der Waals surface area contributed by atoms with Gasteiger partial charge in [0.2, 0.25) is 0 Å². The number of aryl methyl sites for hydroxylation is 1. The Morgan fingerprint density at radius 3 is 2.92 bits per heavy atom. The quantitative estimate of drug-likeness (QED) is 0.595. The van der Waals surface area contributed by atoms with E-state index >= 15 is 0 Å². The standard InChI is InChI=1S/C18H18N8/c1-2-5-13(6-3-1)26-18-14(11-22-26)17(20-12-21-18)19-9-8-16-24-23-15-7-4-10-25(15)16/h1-3,5-6,11-12H,4,7-10H2,(H,19,20,21). The van der Waals surface area contributed by atoms with Gasteiger partial charge in [0.05, 0.1) is 17.3 Å². The molecule has 0 amide bonds. The second-order valence-electron chi connectivity index (χ2n) is 6.32. The van der Waals surface area contributed by atoms with Crippen LogP contribution in [-0.2, 0) is 19.4 Å². The Morgan fingerprint density at radius 1 is 1.08 bits per heavy atom. The van der Waals surface area contributed by atoms with Crippen LogP contribution in [0.2, 0.25) is 0 Å². The summed E-state index contributed by atoms with van der Waals surface area (Å²) in [6, 6.07) is 9.97. The molecule has 4 aromatic rings. The van der Waals surface area contributed by atoms with Crippen LogP contribution >= 0.6 is 0 Å². The highest BCUT2D eigenvalue weighted by Gasteiger charge is 2.17. The van der Waals surface area contributed by atoms with Crippen LogP contribution < -0.4 is 5.32 Å². The lowest BCUT2D eigenvalue weighted by atomic mass is 10.3. The minimum absolute atomic E-state index is 0.737. The Bertz CT molecular complexity index is 1050. The summed E-state index contributed by atoms with van der Waals surface area (Å²) in [5.74, 6) is 2.93. The predicted octanol–water partition coefficient (Wildman–Crippen LogP) is 2.01. The Labute approximate surface area is 149 Å². The van der Waals surface area contributed by atoms with Crippen LogP contribution in [0.25, 0.3) is 16.7 Å². The van der Waals surface area contributed by atoms with Gasteiger partial charge in [-0.05, 0) is 18.6 Å². The van der Waals surface area contributed by atoms with E-state index in [0.717, 1.165) is 66.5 Å². The average Bonchev–Trinajstić information content (AvgIpc) is 3.39. The van der Waals surface area contributed by atoms with Crippen molar-refractivity contribution < 1.29 is 0 Å². The lowest BCUT2D eigenvalue weighted by molar-refractivity contribution is 0.687. The number of nitrogens with zero attached hydrogens (tertiary/aromatic N) is 7. The molecule has 4 heterocycles. The molecule has 0 saturated heterocycles. The van der Waals surface area contributed by atoms with Gasteiger partial charge in [0.25, 0.3) is 0 Å². The summed E-state index contributed by atoms with van der Waals surface area (Å²) in [4.78, 5) is 8.79. The van der Waals surface area contributed by atoms with E-state index in [2.05, 4.69) is 35.1 Å². The van der Waals surface area contributed by atoms with Crippen LogP contribution in [0, 0.1) is 0 Å². The van der Waals surface area contributed by atoms with Crippen molar-refractivity contribution in [3.63, 3.8) is 0 Å². The normalized spacial score (nSPS) is 13.2. The van der Waals surface area contributed by atoms with E-state index in [1.165, 1.54) is 0 Å². The highest BCUT2D eigenvalue weighted by molar-refractivity contribution is 5.87. The Morgan fingerprint density at radius 2 is 2.00 bits per heavy atom. The molecule has 0 unspecified atom stereocenters. The third kappa shape index (κ3) is 2.50. The van der Waals surface area contributed by atoms with Crippen molar-refractivity contribution in [3.05, 3.63) is 54.5 Å². The van der Waals surface area contributed by atoms with Crippen LogP contribution in [0.4, 0.5) is 5.82 Å². The zero-order chi connectivity index (χ0) is 17.3. The molecule has 0 spiro atoms. The van der Waals surface area contributed by atoms with Crippen LogP contribution in [0.1, 0.15) is 18.1 Å². The Hall–Kier alpha value is -3.29. The average molecular weight is 346 g/mol. The summed E-state index contributed by atoms with van der Waals surface area (Å²) in [5.41, 5.74) is 1.77. The second-order valence-corrected chi connectivity index (χ2v) is 6.32.